The summed E-state index contributed by atoms with van der Waals surface area (Å²) in [5, 5.41) is 11.8. The Morgan fingerprint density at radius 3 is 1.91 bits per heavy atom. The molecule has 34 heavy (non-hydrogen) atoms. The molecule has 2 atom stereocenters. The standard InChI is InChI=1S/C27H30N2O5/c1-27(2,3)34-26(30)29(22-15-17-23(33-4)18-16-22)25(21-13-9-6-10-14-21)24(19-28(31)32)20-11-7-5-8-12-20/h5-18,24-25H,19H2,1-4H3/t24-,25-/m1/s1. The summed E-state index contributed by atoms with van der Waals surface area (Å²) in [5.41, 5.74) is 1.32. The summed E-state index contributed by atoms with van der Waals surface area (Å²) >= 11 is 0. The van der Waals surface area contributed by atoms with Gasteiger partial charge in [-0.3, -0.25) is 15.0 Å². The van der Waals surface area contributed by atoms with Gasteiger partial charge in [0.05, 0.1) is 19.1 Å². The fourth-order valence-corrected chi connectivity index (χ4v) is 3.89. The second-order valence-electron chi connectivity index (χ2n) is 8.94. The molecule has 3 aromatic carbocycles. The molecular formula is C27H30N2O5. The van der Waals surface area contributed by atoms with Gasteiger partial charge in [0, 0.05) is 10.6 Å². The van der Waals surface area contributed by atoms with Crippen LogP contribution in [0.3, 0.4) is 0 Å². The van der Waals surface area contributed by atoms with Crippen molar-refractivity contribution in [2.24, 2.45) is 0 Å². The summed E-state index contributed by atoms with van der Waals surface area (Å²) in [6.45, 7) is 5.01. The molecule has 0 aliphatic carbocycles. The fraction of sp³-hybridized carbons (Fsp3) is 0.296. The van der Waals surface area contributed by atoms with E-state index in [-0.39, 0.29) is 11.5 Å². The summed E-state index contributed by atoms with van der Waals surface area (Å²) in [7, 11) is 1.57. The number of hydrogen-bond acceptors (Lipinski definition) is 5. The number of carbonyl (C=O) groups excluding carboxylic acids is 1. The monoisotopic (exact) mass is 462 g/mol. The van der Waals surface area contributed by atoms with E-state index >= 15 is 0 Å². The van der Waals surface area contributed by atoms with Gasteiger partial charge in [-0.15, -0.1) is 0 Å². The lowest BCUT2D eigenvalue weighted by atomic mass is 9.85. The predicted molar refractivity (Wildman–Crippen MR) is 132 cm³/mol. The minimum absolute atomic E-state index is 0.338. The van der Waals surface area contributed by atoms with Gasteiger partial charge in [-0.1, -0.05) is 60.7 Å². The van der Waals surface area contributed by atoms with E-state index in [1.807, 2.05) is 60.7 Å². The molecule has 1 amide bonds. The third-order valence-electron chi connectivity index (χ3n) is 5.31. The Labute approximate surface area is 200 Å². The molecule has 0 N–H and O–H groups in total. The molecule has 0 fully saturated rings. The summed E-state index contributed by atoms with van der Waals surface area (Å²) in [5.74, 6) is 0.00210. The smallest absolute Gasteiger partial charge is 0.415 e. The second kappa shape index (κ2) is 10.8. The Balaban J connectivity index is 2.23. The number of nitro groups is 1. The van der Waals surface area contributed by atoms with Crippen molar-refractivity contribution in [3.05, 3.63) is 106 Å². The molecule has 0 unspecified atom stereocenters. The normalized spacial score (nSPS) is 12.9. The van der Waals surface area contributed by atoms with E-state index in [0.29, 0.717) is 11.4 Å². The molecule has 0 spiro atoms. The molecule has 0 bridgehead atoms. The molecule has 7 heteroatoms. The van der Waals surface area contributed by atoms with Crippen LogP contribution in [0.25, 0.3) is 0 Å². The van der Waals surface area contributed by atoms with Crippen LogP contribution in [0.15, 0.2) is 84.9 Å². The van der Waals surface area contributed by atoms with E-state index in [9.17, 15) is 14.9 Å². The van der Waals surface area contributed by atoms with E-state index in [4.69, 9.17) is 9.47 Å². The van der Waals surface area contributed by atoms with Gasteiger partial charge < -0.3 is 9.47 Å². The van der Waals surface area contributed by atoms with Gasteiger partial charge in [-0.05, 0) is 56.2 Å². The van der Waals surface area contributed by atoms with E-state index in [1.54, 1.807) is 52.1 Å². The number of hydrogen-bond donors (Lipinski definition) is 0. The number of benzene rings is 3. The Morgan fingerprint density at radius 2 is 1.44 bits per heavy atom. The van der Waals surface area contributed by atoms with E-state index in [1.165, 1.54) is 4.90 Å². The number of amides is 1. The Bertz CT molecular complexity index is 1080. The van der Waals surface area contributed by atoms with Crippen molar-refractivity contribution in [1.82, 2.24) is 0 Å². The molecule has 3 aromatic rings. The van der Waals surface area contributed by atoms with Gasteiger partial charge in [-0.25, -0.2) is 4.79 Å². The van der Waals surface area contributed by atoms with Crippen LogP contribution in [0, 0.1) is 10.1 Å². The number of nitrogens with zero attached hydrogens (tertiary/aromatic N) is 2. The number of carbonyl (C=O) groups is 1. The maximum Gasteiger partial charge on any atom is 0.415 e. The average Bonchev–Trinajstić information content (AvgIpc) is 2.81. The quantitative estimate of drug-likeness (QED) is 0.292. The first-order chi connectivity index (χ1) is 16.2. The molecule has 0 radical (unpaired) electrons. The SMILES string of the molecule is COc1ccc(N(C(=O)OC(C)(C)C)[C@H](c2ccccc2)[C@H](C[N+](=O)[O-])c2ccccc2)cc1. The molecule has 0 aromatic heterocycles. The predicted octanol–water partition coefficient (Wildman–Crippen LogP) is 6.24. The van der Waals surface area contributed by atoms with Gasteiger partial charge in [0.25, 0.3) is 0 Å². The van der Waals surface area contributed by atoms with Crippen molar-refractivity contribution < 1.29 is 19.2 Å². The summed E-state index contributed by atoms with van der Waals surface area (Å²) < 4.78 is 11.1. The molecule has 3 rings (SSSR count). The Hall–Kier alpha value is -3.87. The van der Waals surface area contributed by atoms with Gasteiger partial charge in [0.1, 0.15) is 11.4 Å². The third kappa shape index (κ3) is 6.34. The minimum Gasteiger partial charge on any atom is -0.497 e. The highest BCUT2D eigenvalue weighted by Crippen LogP contribution is 2.40. The van der Waals surface area contributed by atoms with Crippen molar-refractivity contribution in [1.29, 1.82) is 0 Å². The van der Waals surface area contributed by atoms with Gasteiger partial charge in [0.15, 0.2) is 0 Å². The highest BCUT2D eigenvalue weighted by molar-refractivity contribution is 5.89. The number of methoxy groups -OCH3 is 1. The van der Waals surface area contributed by atoms with Gasteiger partial charge in [0.2, 0.25) is 6.54 Å². The van der Waals surface area contributed by atoms with Crippen LogP contribution in [0.1, 0.15) is 43.9 Å². The van der Waals surface area contributed by atoms with E-state index in [0.717, 1.165) is 11.1 Å². The lowest BCUT2D eigenvalue weighted by Crippen LogP contribution is -2.43. The Morgan fingerprint density at radius 1 is 0.912 bits per heavy atom. The fourth-order valence-electron chi connectivity index (χ4n) is 3.89. The molecule has 0 aliphatic rings. The maximum absolute atomic E-state index is 13.7. The van der Waals surface area contributed by atoms with Crippen LogP contribution in [0.5, 0.6) is 5.75 Å². The lowest BCUT2D eigenvalue weighted by Gasteiger charge is -2.37. The molecule has 178 valence electrons. The van der Waals surface area contributed by atoms with Crippen LogP contribution >= 0.6 is 0 Å². The van der Waals surface area contributed by atoms with Crippen molar-refractivity contribution in [2.45, 2.75) is 38.3 Å². The molecule has 0 heterocycles. The second-order valence-corrected chi connectivity index (χ2v) is 8.94. The zero-order valence-corrected chi connectivity index (χ0v) is 19.9. The Kier molecular flexibility index (Phi) is 7.89. The highest BCUT2D eigenvalue weighted by atomic mass is 16.6. The summed E-state index contributed by atoms with van der Waals surface area (Å²) in [6, 6.07) is 24.9. The molecular weight excluding hydrogens is 432 g/mol. The van der Waals surface area contributed by atoms with Crippen LogP contribution in [0.4, 0.5) is 10.5 Å². The van der Waals surface area contributed by atoms with Crippen LogP contribution in [0.2, 0.25) is 0 Å². The van der Waals surface area contributed by atoms with Crippen molar-refractivity contribution >= 4 is 11.8 Å². The van der Waals surface area contributed by atoms with Gasteiger partial charge >= 0.3 is 6.09 Å². The zero-order chi connectivity index (χ0) is 24.7. The molecule has 7 nitrogen and oxygen atoms in total. The van der Waals surface area contributed by atoms with Crippen molar-refractivity contribution in [2.75, 3.05) is 18.6 Å². The number of rotatable bonds is 8. The lowest BCUT2D eigenvalue weighted by molar-refractivity contribution is -0.484. The average molecular weight is 463 g/mol. The molecule has 0 saturated carbocycles. The number of anilines is 1. The van der Waals surface area contributed by atoms with Crippen molar-refractivity contribution in [3.8, 4) is 5.75 Å². The largest absolute Gasteiger partial charge is 0.497 e. The maximum atomic E-state index is 13.7. The first-order valence-electron chi connectivity index (χ1n) is 11.1. The van der Waals surface area contributed by atoms with Crippen LogP contribution < -0.4 is 9.64 Å². The summed E-state index contributed by atoms with van der Waals surface area (Å²) in [4.78, 5) is 26.6. The molecule has 0 aliphatic heterocycles. The van der Waals surface area contributed by atoms with Gasteiger partial charge in [-0.2, -0.15) is 0 Å². The topological polar surface area (TPSA) is 81.9 Å². The highest BCUT2D eigenvalue weighted by Gasteiger charge is 2.39. The zero-order valence-electron chi connectivity index (χ0n) is 19.9. The molecule has 0 saturated heterocycles. The first kappa shape index (κ1) is 24.8. The first-order valence-corrected chi connectivity index (χ1v) is 11.1. The number of ether oxygens (including phenoxy) is 2. The van der Waals surface area contributed by atoms with Crippen LogP contribution in [-0.4, -0.2) is 30.3 Å². The van der Waals surface area contributed by atoms with E-state index in [2.05, 4.69) is 0 Å². The third-order valence-corrected chi connectivity index (χ3v) is 5.31. The van der Waals surface area contributed by atoms with E-state index < -0.39 is 23.7 Å². The van der Waals surface area contributed by atoms with Crippen molar-refractivity contribution in [3.63, 3.8) is 0 Å². The van der Waals surface area contributed by atoms with Crippen LogP contribution in [-0.2, 0) is 4.74 Å². The summed E-state index contributed by atoms with van der Waals surface area (Å²) in [6.07, 6.45) is -0.587. The minimum atomic E-state index is -0.756.